The fourth-order valence-corrected chi connectivity index (χ4v) is 1.56. The number of aromatic nitrogens is 4. The van der Waals surface area contributed by atoms with Gasteiger partial charge in [-0.25, -0.2) is 4.98 Å². The molecule has 0 aromatic carbocycles. The van der Waals surface area contributed by atoms with E-state index in [1.54, 1.807) is 6.20 Å². The Morgan fingerprint density at radius 3 is 3.00 bits per heavy atom. The van der Waals surface area contributed by atoms with Crippen LogP contribution in [-0.2, 0) is 13.5 Å². The van der Waals surface area contributed by atoms with Gasteiger partial charge in [0.1, 0.15) is 11.3 Å². The van der Waals surface area contributed by atoms with Crippen LogP contribution in [0.1, 0.15) is 12.7 Å². The van der Waals surface area contributed by atoms with Gasteiger partial charge in [-0.15, -0.1) is 5.10 Å². The van der Waals surface area contributed by atoms with E-state index < -0.39 is 0 Å². The van der Waals surface area contributed by atoms with Crippen LogP contribution in [0.3, 0.4) is 0 Å². The summed E-state index contributed by atoms with van der Waals surface area (Å²) in [7, 11) is 1.96. The normalized spacial score (nSPS) is 13.3. The average Bonchev–Trinajstić information content (AvgIpc) is 2.57. The van der Waals surface area contributed by atoms with Gasteiger partial charge in [-0.05, 0) is 18.5 Å². The summed E-state index contributed by atoms with van der Waals surface area (Å²) >= 11 is 0. The summed E-state index contributed by atoms with van der Waals surface area (Å²) in [5, 5.41) is 7.90. The van der Waals surface area contributed by atoms with Gasteiger partial charge in [-0.2, -0.15) is 5.10 Å². The molecule has 2 N–H and O–H groups in total. The highest BCUT2D eigenvalue weighted by molar-refractivity contribution is 5.70. The number of nitrogens with two attached hydrogens (primary N) is 1. The second-order valence-electron chi connectivity index (χ2n) is 3.87. The standard InChI is InChI=1S/C10H15N5/c1-7(6-11)5-9-13-8-3-4-12-14-10(8)15(9)2/h3-4,7H,5-6,11H2,1-2H3. The largest absolute Gasteiger partial charge is 0.330 e. The lowest BCUT2D eigenvalue weighted by atomic mass is 10.1. The number of aryl methyl sites for hydroxylation is 1. The molecular weight excluding hydrogens is 190 g/mol. The summed E-state index contributed by atoms with van der Waals surface area (Å²) in [6.07, 6.45) is 2.54. The van der Waals surface area contributed by atoms with E-state index in [0.717, 1.165) is 23.4 Å². The Bertz CT molecular complexity index is 462. The third kappa shape index (κ3) is 1.83. The van der Waals surface area contributed by atoms with Gasteiger partial charge < -0.3 is 10.3 Å². The number of hydrogen-bond donors (Lipinski definition) is 1. The van der Waals surface area contributed by atoms with Crippen LogP contribution in [0.5, 0.6) is 0 Å². The molecule has 80 valence electrons. The lowest BCUT2D eigenvalue weighted by Gasteiger charge is -2.07. The zero-order valence-electron chi connectivity index (χ0n) is 9.01. The molecule has 5 heteroatoms. The van der Waals surface area contributed by atoms with Crippen LogP contribution in [0.2, 0.25) is 0 Å². The van der Waals surface area contributed by atoms with Crippen molar-refractivity contribution in [1.82, 2.24) is 19.7 Å². The smallest absolute Gasteiger partial charge is 0.182 e. The summed E-state index contributed by atoms with van der Waals surface area (Å²) in [6, 6.07) is 1.87. The van der Waals surface area contributed by atoms with E-state index in [2.05, 4.69) is 22.1 Å². The molecule has 0 aliphatic rings. The van der Waals surface area contributed by atoms with Crippen molar-refractivity contribution in [3.63, 3.8) is 0 Å². The first-order valence-electron chi connectivity index (χ1n) is 5.05. The molecule has 0 saturated heterocycles. The first kappa shape index (κ1) is 10.0. The third-order valence-electron chi connectivity index (χ3n) is 2.57. The molecule has 0 radical (unpaired) electrons. The number of rotatable bonds is 3. The number of hydrogen-bond acceptors (Lipinski definition) is 4. The van der Waals surface area contributed by atoms with Crippen molar-refractivity contribution < 1.29 is 0 Å². The maximum atomic E-state index is 5.60. The second kappa shape index (κ2) is 3.94. The van der Waals surface area contributed by atoms with Crippen molar-refractivity contribution in [3.8, 4) is 0 Å². The highest BCUT2D eigenvalue weighted by Gasteiger charge is 2.11. The molecular formula is C10H15N5. The Balaban J connectivity index is 2.40. The fourth-order valence-electron chi connectivity index (χ4n) is 1.56. The summed E-state index contributed by atoms with van der Waals surface area (Å²) in [5.74, 6) is 1.46. The predicted octanol–water partition coefficient (Wildman–Crippen LogP) is 0.501. The van der Waals surface area contributed by atoms with Crippen LogP contribution in [0.15, 0.2) is 12.3 Å². The summed E-state index contributed by atoms with van der Waals surface area (Å²) in [4.78, 5) is 4.51. The summed E-state index contributed by atoms with van der Waals surface area (Å²) < 4.78 is 1.98. The molecule has 1 unspecified atom stereocenters. The Hall–Kier alpha value is -1.49. The quantitative estimate of drug-likeness (QED) is 0.792. The maximum Gasteiger partial charge on any atom is 0.182 e. The number of nitrogens with zero attached hydrogens (tertiary/aromatic N) is 4. The van der Waals surface area contributed by atoms with Gasteiger partial charge in [-0.3, -0.25) is 0 Å². The fraction of sp³-hybridized carbons (Fsp3) is 0.500. The van der Waals surface area contributed by atoms with Gasteiger partial charge in [-0.1, -0.05) is 6.92 Å². The van der Waals surface area contributed by atoms with E-state index >= 15 is 0 Å². The van der Waals surface area contributed by atoms with Crippen molar-refractivity contribution in [3.05, 3.63) is 18.1 Å². The minimum absolute atomic E-state index is 0.438. The third-order valence-corrected chi connectivity index (χ3v) is 2.57. The molecule has 5 nitrogen and oxygen atoms in total. The van der Waals surface area contributed by atoms with E-state index in [1.165, 1.54) is 0 Å². The molecule has 0 fully saturated rings. The zero-order valence-corrected chi connectivity index (χ0v) is 9.01. The van der Waals surface area contributed by atoms with Crippen molar-refractivity contribution in [1.29, 1.82) is 0 Å². The first-order chi connectivity index (χ1) is 7.22. The predicted molar refractivity (Wildman–Crippen MR) is 58.2 cm³/mol. The van der Waals surface area contributed by atoms with Crippen molar-refractivity contribution >= 4 is 11.2 Å². The molecule has 0 bridgehead atoms. The molecule has 0 spiro atoms. The maximum absolute atomic E-state index is 5.60. The van der Waals surface area contributed by atoms with Crippen LogP contribution < -0.4 is 5.73 Å². The second-order valence-corrected chi connectivity index (χ2v) is 3.87. The molecule has 2 aromatic rings. The van der Waals surface area contributed by atoms with Crippen molar-refractivity contribution in [2.75, 3.05) is 6.54 Å². The molecule has 2 heterocycles. The van der Waals surface area contributed by atoms with E-state index in [4.69, 9.17) is 5.73 Å². The molecule has 2 aromatic heterocycles. The summed E-state index contributed by atoms with van der Waals surface area (Å²) in [5.41, 5.74) is 7.32. The Kier molecular flexibility index (Phi) is 2.64. The van der Waals surface area contributed by atoms with Crippen LogP contribution in [0.25, 0.3) is 11.2 Å². The monoisotopic (exact) mass is 205 g/mol. The Labute approximate surface area is 88.3 Å². The van der Waals surface area contributed by atoms with Crippen LogP contribution in [-0.4, -0.2) is 26.3 Å². The molecule has 0 saturated carbocycles. The van der Waals surface area contributed by atoms with Gasteiger partial charge >= 0.3 is 0 Å². The zero-order chi connectivity index (χ0) is 10.8. The van der Waals surface area contributed by atoms with Crippen LogP contribution in [0.4, 0.5) is 0 Å². The minimum Gasteiger partial charge on any atom is -0.330 e. The lowest BCUT2D eigenvalue weighted by molar-refractivity contribution is 0.563. The van der Waals surface area contributed by atoms with Gasteiger partial charge in [0.05, 0.1) is 6.20 Å². The number of imidazole rings is 1. The van der Waals surface area contributed by atoms with Crippen LogP contribution in [0, 0.1) is 5.92 Å². The topological polar surface area (TPSA) is 69.6 Å². The highest BCUT2D eigenvalue weighted by atomic mass is 15.2. The highest BCUT2D eigenvalue weighted by Crippen LogP contribution is 2.13. The average molecular weight is 205 g/mol. The van der Waals surface area contributed by atoms with Crippen molar-refractivity contribution in [2.45, 2.75) is 13.3 Å². The Morgan fingerprint density at radius 1 is 1.53 bits per heavy atom. The van der Waals surface area contributed by atoms with E-state index in [-0.39, 0.29) is 0 Å². The number of fused-ring (bicyclic) bond motifs is 1. The van der Waals surface area contributed by atoms with Crippen LogP contribution >= 0.6 is 0 Å². The SMILES string of the molecule is CC(CN)Cc1nc2ccnnc2n1C. The van der Waals surface area contributed by atoms with Gasteiger partial charge in [0.15, 0.2) is 5.65 Å². The Morgan fingerprint density at radius 2 is 2.33 bits per heavy atom. The van der Waals surface area contributed by atoms with Gasteiger partial charge in [0.2, 0.25) is 0 Å². The van der Waals surface area contributed by atoms with Gasteiger partial charge in [0.25, 0.3) is 0 Å². The molecule has 2 rings (SSSR count). The molecule has 0 aliphatic heterocycles. The molecule has 15 heavy (non-hydrogen) atoms. The molecule has 1 atom stereocenters. The minimum atomic E-state index is 0.438. The van der Waals surface area contributed by atoms with E-state index in [1.807, 2.05) is 17.7 Å². The van der Waals surface area contributed by atoms with Gasteiger partial charge in [0, 0.05) is 13.5 Å². The van der Waals surface area contributed by atoms with E-state index in [0.29, 0.717) is 12.5 Å². The van der Waals surface area contributed by atoms with Crippen molar-refractivity contribution in [2.24, 2.45) is 18.7 Å². The molecule has 0 aliphatic carbocycles. The first-order valence-corrected chi connectivity index (χ1v) is 5.05. The van der Waals surface area contributed by atoms with E-state index in [9.17, 15) is 0 Å². The lowest BCUT2D eigenvalue weighted by Crippen LogP contribution is -2.15. The summed E-state index contributed by atoms with van der Waals surface area (Å²) in [6.45, 7) is 2.79. The molecule has 0 amide bonds.